The molecule has 1 aromatic carbocycles. The lowest BCUT2D eigenvalue weighted by atomic mass is 10.2. The van der Waals surface area contributed by atoms with Gasteiger partial charge >= 0.3 is 5.97 Å². The van der Waals surface area contributed by atoms with Gasteiger partial charge in [-0.1, -0.05) is 18.2 Å². The van der Waals surface area contributed by atoms with E-state index in [9.17, 15) is 13.2 Å². The van der Waals surface area contributed by atoms with Crippen LogP contribution in [0.25, 0.3) is 0 Å². The number of hydrogen-bond acceptors (Lipinski definition) is 5. The van der Waals surface area contributed by atoms with Crippen molar-refractivity contribution in [3.8, 4) is 0 Å². The minimum Gasteiger partial charge on any atom is -0.465 e. The Kier molecular flexibility index (Phi) is 4.52. The summed E-state index contributed by atoms with van der Waals surface area (Å²) in [7, 11) is -2.51. The van der Waals surface area contributed by atoms with Crippen molar-refractivity contribution >= 4 is 27.3 Å². The van der Waals surface area contributed by atoms with Gasteiger partial charge in [0.2, 0.25) is 10.0 Å². The standard InChI is InChI=1S/C16H17NO4S2/c1-21-16(18)12-6-2-3-9-15(12)23(19,20)17-10-4-7-13(17)14-8-5-11-22-14/h2-3,5-6,8-9,11,13H,4,7,10H2,1H3. The first-order valence-electron chi connectivity index (χ1n) is 7.28. The van der Waals surface area contributed by atoms with E-state index in [-0.39, 0.29) is 16.5 Å². The Balaban J connectivity index is 2.04. The summed E-state index contributed by atoms with van der Waals surface area (Å²) in [6.07, 6.45) is 1.60. The highest BCUT2D eigenvalue weighted by Crippen LogP contribution is 2.38. The summed E-state index contributed by atoms with van der Waals surface area (Å²) in [5, 5.41) is 1.95. The summed E-state index contributed by atoms with van der Waals surface area (Å²) < 4.78 is 32.4. The van der Waals surface area contributed by atoms with Crippen LogP contribution in [0.4, 0.5) is 0 Å². The molecule has 1 unspecified atom stereocenters. The van der Waals surface area contributed by atoms with E-state index < -0.39 is 16.0 Å². The Bertz CT molecular complexity index is 799. The van der Waals surface area contributed by atoms with E-state index in [1.54, 1.807) is 23.5 Å². The average molecular weight is 351 g/mol. The Morgan fingerprint density at radius 3 is 2.74 bits per heavy atom. The number of hydrogen-bond donors (Lipinski definition) is 0. The zero-order valence-electron chi connectivity index (χ0n) is 12.6. The number of benzene rings is 1. The molecular weight excluding hydrogens is 334 g/mol. The van der Waals surface area contributed by atoms with Gasteiger partial charge in [-0.05, 0) is 36.4 Å². The number of methoxy groups -OCH3 is 1. The Labute approximate surface area is 139 Å². The average Bonchev–Trinajstić information content (AvgIpc) is 3.24. The van der Waals surface area contributed by atoms with Crippen LogP contribution in [0.1, 0.15) is 34.1 Å². The molecule has 1 atom stereocenters. The third-order valence-corrected chi connectivity index (χ3v) is 6.89. The van der Waals surface area contributed by atoms with E-state index in [2.05, 4.69) is 0 Å². The molecule has 0 saturated carbocycles. The fraction of sp³-hybridized carbons (Fsp3) is 0.312. The molecule has 1 saturated heterocycles. The van der Waals surface area contributed by atoms with Crippen molar-refractivity contribution in [2.45, 2.75) is 23.8 Å². The molecule has 0 amide bonds. The highest BCUT2D eigenvalue weighted by molar-refractivity contribution is 7.89. The molecule has 1 aromatic heterocycles. The summed E-state index contributed by atoms with van der Waals surface area (Å²) in [5.74, 6) is -0.643. The number of thiophene rings is 1. The highest BCUT2D eigenvalue weighted by Gasteiger charge is 2.38. The molecule has 2 aromatic rings. The summed E-state index contributed by atoms with van der Waals surface area (Å²) in [4.78, 5) is 12.9. The lowest BCUT2D eigenvalue weighted by molar-refractivity contribution is 0.0596. The third kappa shape index (κ3) is 2.91. The molecule has 23 heavy (non-hydrogen) atoms. The van der Waals surface area contributed by atoms with Crippen molar-refractivity contribution in [1.29, 1.82) is 0 Å². The Morgan fingerprint density at radius 2 is 2.04 bits per heavy atom. The van der Waals surface area contributed by atoms with Crippen LogP contribution < -0.4 is 0 Å². The van der Waals surface area contributed by atoms with E-state index in [0.29, 0.717) is 6.54 Å². The molecule has 7 heteroatoms. The van der Waals surface area contributed by atoms with Gasteiger partial charge in [0.25, 0.3) is 0 Å². The van der Waals surface area contributed by atoms with Gasteiger partial charge in [0, 0.05) is 11.4 Å². The number of sulfonamides is 1. The van der Waals surface area contributed by atoms with Gasteiger partial charge in [0.15, 0.2) is 0 Å². The summed E-state index contributed by atoms with van der Waals surface area (Å²) >= 11 is 1.55. The molecule has 1 fully saturated rings. The smallest absolute Gasteiger partial charge is 0.339 e. The zero-order chi connectivity index (χ0) is 16.4. The van der Waals surface area contributed by atoms with Crippen LogP contribution in [-0.2, 0) is 14.8 Å². The minimum absolute atomic E-state index is 0.00954. The van der Waals surface area contributed by atoms with E-state index in [4.69, 9.17) is 4.74 Å². The van der Waals surface area contributed by atoms with Crippen molar-refractivity contribution in [2.24, 2.45) is 0 Å². The lowest BCUT2D eigenvalue weighted by Gasteiger charge is -2.24. The third-order valence-electron chi connectivity index (χ3n) is 3.95. The predicted octanol–water partition coefficient (Wildman–Crippen LogP) is 3.06. The lowest BCUT2D eigenvalue weighted by Crippen LogP contribution is -2.31. The SMILES string of the molecule is COC(=O)c1ccccc1S(=O)(=O)N1CCCC1c1cccs1. The van der Waals surface area contributed by atoms with Gasteiger partial charge < -0.3 is 4.74 Å². The first kappa shape index (κ1) is 16.2. The van der Waals surface area contributed by atoms with Gasteiger partial charge in [0.05, 0.1) is 23.6 Å². The van der Waals surface area contributed by atoms with Crippen LogP contribution in [0.2, 0.25) is 0 Å². The second-order valence-electron chi connectivity index (χ2n) is 5.28. The van der Waals surface area contributed by atoms with Gasteiger partial charge in [-0.25, -0.2) is 13.2 Å². The zero-order valence-corrected chi connectivity index (χ0v) is 14.3. The van der Waals surface area contributed by atoms with Crippen LogP contribution >= 0.6 is 11.3 Å². The molecule has 0 radical (unpaired) electrons. The van der Waals surface area contributed by atoms with Gasteiger partial charge in [0.1, 0.15) is 0 Å². The number of esters is 1. The topological polar surface area (TPSA) is 63.7 Å². The molecule has 5 nitrogen and oxygen atoms in total. The number of carbonyl (C=O) groups is 1. The number of rotatable bonds is 4. The highest BCUT2D eigenvalue weighted by atomic mass is 32.2. The van der Waals surface area contributed by atoms with Crippen molar-refractivity contribution in [3.05, 3.63) is 52.2 Å². The Hall–Kier alpha value is -1.70. The maximum absolute atomic E-state index is 13.1. The van der Waals surface area contributed by atoms with Gasteiger partial charge in [-0.15, -0.1) is 11.3 Å². The Morgan fingerprint density at radius 1 is 1.26 bits per heavy atom. The molecule has 1 aliphatic rings. The quantitative estimate of drug-likeness (QED) is 0.794. The van der Waals surface area contributed by atoms with Crippen LogP contribution in [0, 0.1) is 0 Å². The van der Waals surface area contributed by atoms with Crippen molar-refractivity contribution < 1.29 is 17.9 Å². The fourth-order valence-electron chi connectivity index (χ4n) is 2.89. The number of carbonyl (C=O) groups excluding carboxylic acids is 1. The van der Waals surface area contributed by atoms with Gasteiger partial charge in [-0.3, -0.25) is 0 Å². The molecule has 0 N–H and O–H groups in total. The second kappa shape index (κ2) is 6.43. The molecule has 122 valence electrons. The van der Waals surface area contributed by atoms with Gasteiger partial charge in [-0.2, -0.15) is 4.31 Å². The van der Waals surface area contributed by atoms with Crippen LogP contribution in [0.15, 0.2) is 46.7 Å². The molecule has 1 aliphatic heterocycles. The van der Waals surface area contributed by atoms with Crippen LogP contribution in [0.3, 0.4) is 0 Å². The first-order valence-corrected chi connectivity index (χ1v) is 9.60. The second-order valence-corrected chi connectivity index (χ2v) is 8.12. The number of nitrogens with zero attached hydrogens (tertiary/aromatic N) is 1. The molecule has 0 aliphatic carbocycles. The predicted molar refractivity (Wildman–Crippen MR) is 88.0 cm³/mol. The first-order chi connectivity index (χ1) is 11.1. The van der Waals surface area contributed by atoms with Crippen molar-refractivity contribution in [2.75, 3.05) is 13.7 Å². The van der Waals surface area contributed by atoms with Crippen molar-refractivity contribution in [3.63, 3.8) is 0 Å². The normalized spacial score (nSPS) is 18.9. The van der Waals surface area contributed by atoms with Crippen molar-refractivity contribution in [1.82, 2.24) is 4.31 Å². The summed E-state index contributed by atoms with van der Waals surface area (Å²) in [6, 6.07) is 9.91. The summed E-state index contributed by atoms with van der Waals surface area (Å²) in [6.45, 7) is 0.459. The van der Waals surface area contributed by atoms with E-state index in [1.165, 1.54) is 23.5 Å². The van der Waals surface area contributed by atoms with E-state index in [0.717, 1.165) is 17.7 Å². The van der Waals surface area contributed by atoms with E-state index >= 15 is 0 Å². The number of ether oxygens (including phenoxy) is 1. The largest absolute Gasteiger partial charge is 0.465 e. The van der Waals surface area contributed by atoms with Crippen LogP contribution in [0.5, 0.6) is 0 Å². The monoisotopic (exact) mass is 351 g/mol. The molecule has 0 bridgehead atoms. The molecule has 2 heterocycles. The maximum atomic E-state index is 13.1. The van der Waals surface area contributed by atoms with Crippen LogP contribution in [-0.4, -0.2) is 32.3 Å². The minimum atomic E-state index is -3.76. The van der Waals surface area contributed by atoms with E-state index in [1.807, 2.05) is 17.5 Å². The molecule has 3 rings (SSSR count). The summed E-state index contributed by atoms with van der Waals surface area (Å²) in [5.41, 5.74) is 0.0758. The fourth-order valence-corrected chi connectivity index (χ4v) is 5.69. The molecular formula is C16H17NO4S2. The maximum Gasteiger partial charge on any atom is 0.339 e. The molecule has 0 spiro atoms.